The molecule has 0 aliphatic heterocycles. The van der Waals surface area contributed by atoms with E-state index in [0.29, 0.717) is 12.8 Å². The maximum absolute atomic E-state index is 12.0. The van der Waals surface area contributed by atoms with Gasteiger partial charge in [-0.15, -0.1) is 0 Å². The van der Waals surface area contributed by atoms with Crippen molar-refractivity contribution in [2.24, 2.45) is 5.73 Å². The molecule has 4 nitrogen and oxygen atoms in total. The number of nitrogens with one attached hydrogen (secondary N) is 1. The van der Waals surface area contributed by atoms with Crippen LogP contribution >= 0.6 is 0 Å². The molecule has 122 valence electrons. The van der Waals surface area contributed by atoms with Gasteiger partial charge in [0.1, 0.15) is 0 Å². The minimum atomic E-state index is -0.213. The fourth-order valence-electron chi connectivity index (χ4n) is 2.90. The van der Waals surface area contributed by atoms with Gasteiger partial charge in [0.2, 0.25) is 5.91 Å². The van der Waals surface area contributed by atoms with Crippen molar-refractivity contribution in [3.8, 4) is 0 Å². The van der Waals surface area contributed by atoms with Gasteiger partial charge in [0, 0.05) is 24.9 Å². The number of pyridine rings is 1. The van der Waals surface area contributed by atoms with Crippen LogP contribution in [0.1, 0.15) is 41.6 Å². The van der Waals surface area contributed by atoms with Gasteiger partial charge in [-0.2, -0.15) is 0 Å². The summed E-state index contributed by atoms with van der Waals surface area (Å²) in [7, 11) is 0. The molecule has 23 heavy (non-hydrogen) atoms. The van der Waals surface area contributed by atoms with Crippen LogP contribution in [0.25, 0.3) is 0 Å². The second-order valence-corrected chi connectivity index (χ2v) is 5.93. The summed E-state index contributed by atoms with van der Waals surface area (Å²) in [6.07, 6.45) is 4.68. The molecule has 0 radical (unpaired) electrons. The molecule has 0 aliphatic carbocycles. The van der Waals surface area contributed by atoms with Crippen molar-refractivity contribution < 1.29 is 4.79 Å². The van der Waals surface area contributed by atoms with Gasteiger partial charge in [0.25, 0.3) is 0 Å². The van der Waals surface area contributed by atoms with Gasteiger partial charge in [-0.25, -0.2) is 0 Å². The molecular weight excluding hydrogens is 286 g/mol. The molecule has 1 amide bonds. The Morgan fingerprint density at radius 3 is 2.48 bits per heavy atom. The van der Waals surface area contributed by atoms with Crippen LogP contribution in [0.3, 0.4) is 0 Å². The van der Waals surface area contributed by atoms with Crippen molar-refractivity contribution in [3.63, 3.8) is 0 Å². The zero-order valence-electron chi connectivity index (χ0n) is 14.0. The van der Waals surface area contributed by atoms with E-state index >= 15 is 0 Å². The molecule has 2 aromatic rings. The lowest BCUT2D eigenvalue weighted by Gasteiger charge is -2.28. The van der Waals surface area contributed by atoms with Crippen molar-refractivity contribution in [1.29, 1.82) is 0 Å². The zero-order valence-corrected chi connectivity index (χ0v) is 14.0. The highest BCUT2D eigenvalue weighted by atomic mass is 16.1. The van der Waals surface area contributed by atoms with Crippen molar-refractivity contribution in [2.45, 2.75) is 45.7 Å². The van der Waals surface area contributed by atoms with Crippen LogP contribution in [-0.4, -0.2) is 16.9 Å². The molecule has 0 saturated heterocycles. The molecule has 0 bridgehead atoms. The molecule has 2 unspecified atom stereocenters. The predicted octanol–water partition coefficient (Wildman–Crippen LogP) is 2.84. The first-order chi connectivity index (χ1) is 11.0. The number of hydrogen-bond donors (Lipinski definition) is 2. The maximum Gasteiger partial charge on any atom is 0.220 e. The van der Waals surface area contributed by atoms with Gasteiger partial charge in [0.15, 0.2) is 0 Å². The molecule has 1 heterocycles. The quantitative estimate of drug-likeness (QED) is 0.862. The first-order valence-electron chi connectivity index (χ1n) is 8.03. The maximum atomic E-state index is 12.0. The average Bonchev–Trinajstić information content (AvgIpc) is 2.54. The smallest absolute Gasteiger partial charge is 0.220 e. The van der Waals surface area contributed by atoms with Crippen LogP contribution in [0.15, 0.2) is 42.7 Å². The Morgan fingerprint density at radius 2 is 1.91 bits per heavy atom. The Hall–Kier alpha value is -2.20. The van der Waals surface area contributed by atoms with Crippen LogP contribution in [0.5, 0.6) is 0 Å². The first-order valence-corrected chi connectivity index (χ1v) is 8.03. The largest absolute Gasteiger partial charge is 0.348 e. The summed E-state index contributed by atoms with van der Waals surface area (Å²) in [5, 5.41) is 3.10. The lowest BCUT2D eigenvalue weighted by molar-refractivity contribution is -0.121. The number of aryl methyl sites for hydroxylation is 2. The van der Waals surface area contributed by atoms with Crippen LogP contribution in [0.2, 0.25) is 0 Å². The van der Waals surface area contributed by atoms with E-state index < -0.39 is 0 Å². The van der Waals surface area contributed by atoms with Crippen molar-refractivity contribution in [1.82, 2.24) is 10.3 Å². The van der Waals surface area contributed by atoms with E-state index in [1.807, 2.05) is 31.3 Å². The minimum absolute atomic E-state index is 0.0132. The standard InChI is InChI=1S/C19H25N3O/c1-4-17(23)22-19(18-13(2)7-5-8-14(18)3)16(20)11-15-9-6-10-21-12-15/h5-10,12,16,19H,4,11,20H2,1-3H3,(H,22,23). The summed E-state index contributed by atoms with van der Waals surface area (Å²) >= 11 is 0. The normalized spacial score (nSPS) is 13.4. The Bertz CT molecular complexity index is 635. The molecular formula is C19H25N3O. The van der Waals surface area contributed by atoms with E-state index in [4.69, 9.17) is 5.73 Å². The summed E-state index contributed by atoms with van der Waals surface area (Å²) in [6.45, 7) is 5.97. The highest BCUT2D eigenvalue weighted by Crippen LogP contribution is 2.25. The number of nitrogens with two attached hydrogens (primary N) is 1. The van der Waals surface area contributed by atoms with Gasteiger partial charge >= 0.3 is 0 Å². The predicted molar refractivity (Wildman–Crippen MR) is 93.0 cm³/mol. The second kappa shape index (κ2) is 7.88. The number of rotatable bonds is 6. The van der Waals surface area contributed by atoms with Gasteiger partial charge in [-0.05, 0) is 48.6 Å². The summed E-state index contributed by atoms with van der Waals surface area (Å²) in [4.78, 5) is 16.1. The zero-order chi connectivity index (χ0) is 16.8. The Morgan fingerprint density at radius 1 is 1.22 bits per heavy atom. The van der Waals surface area contributed by atoms with Crippen LogP contribution in [-0.2, 0) is 11.2 Å². The molecule has 2 atom stereocenters. The third-order valence-corrected chi connectivity index (χ3v) is 4.11. The van der Waals surface area contributed by atoms with E-state index in [-0.39, 0.29) is 18.0 Å². The highest BCUT2D eigenvalue weighted by molar-refractivity contribution is 5.76. The van der Waals surface area contributed by atoms with Gasteiger partial charge < -0.3 is 11.1 Å². The van der Waals surface area contributed by atoms with Crippen LogP contribution < -0.4 is 11.1 Å². The van der Waals surface area contributed by atoms with Crippen molar-refractivity contribution >= 4 is 5.91 Å². The SMILES string of the molecule is CCC(=O)NC(c1c(C)cccc1C)C(N)Cc1cccnc1. The Labute approximate surface area is 138 Å². The van der Waals surface area contributed by atoms with Gasteiger partial charge in [-0.1, -0.05) is 31.2 Å². The number of aromatic nitrogens is 1. The summed E-state index contributed by atoms with van der Waals surface area (Å²) in [6, 6.07) is 9.64. The lowest BCUT2D eigenvalue weighted by atomic mass is 9.89. The molecule has 3 N–H and O–H groups in total. The minimum Gasteiger partial charge on any atom is -0.348 e. The second-order valence-electron chi connectivity index (χ2n) is 5.93. The number of carbonyl (C=O) groups excluding carboxylic acids is 1. The lowest BCUT2D eigenvalue weighted by Crippen LogP contribution is -2.42. The first kappa shape index (κ1) is 17.2. The molecule has 0 spiro atoms. The fourth-order valence-corrected chi connectivity index (χ4v) is 2.90. The summed E-state index contributed by atoms with van der Waals surface area (Å²) in [5.74, 6) is 0.0132. The van der Waals surface area contributed by atoms with E-state index in [0.717, 1.165) is 22.3 Å². The van der Waals surface area contributed by atoms with Crippen molar-refractivity contribution in [2.75, 3.05) is 0 Å². The molecule has 1 aromatic heterocycles. The van der Waals surface area contributed by atoms with E-state index in [1.165, 1.54) is 0 Å². The average molecular weight is 311 g/mol. The third-order valence-electron chi connectivity index (χ3n) is 4.11. The van der Waals surface area contributed by atoms with Gasteiger partial charge in [-0.3, -0.25) is 9.78 Å². The monoisotopic (exact) mass is 311 g/mol. The third kappa shape index (κ3) is 4.39. The Balaban J connectivity index is 2.32. The number of carbonyl (C=O) groups is 1. The van der Waals surface area contributed by atoms with Crippen LogP contribution in [0, 0.1) is 13.8 Å². The number of benzene rings is 1. The van der Waals surface area contributed by atoms with E-state index in [9.17, 15) is 4.79 Å². The molecule has 2 rings (SSSR count). The highest BCUT2D eigenvalue weighted by Gasteiger charge is 2.24. The molecule has 0 fully saturated rings. The fraction of sp³-hybridized carbons (Fsp3) is 0.368. The van der Waals surface area contributed by atoms with Gasteiger partial charge in [0.05, 0.1) is 6.04 Å². The topological polar surface area (TPSA) is 68.0 Å². The summed E-state index contributed by atoms with van der Waals surface area (Å²) < 4.78 is 0. The van der Waals surface area contributed by atoms with Crippen LogP contribution in [0.4, 0.5) is 0 Å². The molecule has 0 saturated carbocycles. The Kier molecular flexibility index (Phi) is 5.88. The van der Waals surface area contributed by atoms with E-state index in [1.54, 1.807) is 6.20 Å². The molecule has 0 aliphatic rings. The summed E-state index contributed by atoms with van der Waals surface area (Å²) in [5.41, 5.74) is 11.0. The number of nitrogens with zero attached hydrogens (tertiary/aromatic N) is 1. The van der Waals surface area contributed by atoms with E-state index in [2.05, 4.69) is 36.3 Å². The van der Waals surface area contributed by atoms with Crippen molar-refractivity contribution in [3.05, 3.63) is 65.0 Å². The number of hydrogen-bond acceptors (Lipinski definition) is 3. The molecule has 1 aromatic carbocycles. The molecule has 4 heteroatoms. The number of amides is 1.